The monoisotopic (exact) mass is 249 g/mol. The molecule has 1 heterocycles. The predicted octanol–water partition coefficient (Wildman–Crippen LogP) is -1.60. The van der Waals surface area contributed by atoms with Crippen molar-refractivity contribution in [2.75, 3.05) is 26.3 Å². The van der Waals surface area contributed by atoms with E-state index in [1.54, 1.807) is 0 Å². The molecule has 8 heteroatoms. The third-order valence-electron chi connectivity index (χ3n) is 2.08. The minimum atomic E-state index is -3.70. The molecule has 1 aromatic heterocycles. The first kappa shape index (κ1) is 13.1. The third kappa shape index (κ3) is 2.59. The average Bonchev–Trinajstić information content (AvgIpc) is 2.65. The molecular formula is C8H15N3O4S. The lowest BCUT2D eigenvalue weighted by atomic mass is 10.6. The summed E-state index contributed by atoms with van der Waals surface area (Å²) in [5, 5.41) is 21.4. The van der Waals surface area contributed by atoms with Gasteiger partial charge in [-0.25, -0.2) is 8.42 Å². The lowest BCUT2D eigenvalue weighted by molar-refractivity contribution is 0.217. The molecule has 0 atom stereocenters. The maximum absolute atomic E-state index is 12.0. The molecule has 1 rings (SSSR count). The van der Waals surface area contributed by atoms with Gasteiger partial charge in [0.15, 0.2) is 5.03 Å². The molecule has 0 spiro atoms. The molecule has 0 aromatic carbocycles. The van der Waals surface area contributed by atoms with Crippen LogP contribution in [0.2, 0.25) is 0 Å². The fourth-order valence-electron chi connectivity index (χ4n) is 1.32. The van der Waals surface area contributed by atoms with E-state index in [0.717, 1.165) is 4.31 Å². The van der Waals surface area contributed by atoms with Gasteiger partial charge in [0.1, 0.15) is 0 Å². The Labute approximate surface area is 94.0 Å². The van der Waals surface area contributed by atoms with Gasteiger partial charge in [-0.2, -0.15) is 9.40 Å². The topological polar surface area (TPSA) is 95.7 Å². The van der Waals surface area contributed by atoms with Crippen molar-refractivity contribution in [3.8, 4) is 0 Å². The number of aliphatic hydroxyl groups excluding tert-OH is 2. The van der Waals surface area contributed by atoms with Crippen molar-refractivity contribution in [3.63, 3.8) is 0 Å². The summed E-state index contributed by atoms with van der Waals surface area (Å²) in [6.45, 7) is -0.684. The number of sulfonamides is 1. The lowest BCUT2D eigenvalue weighted by Gasteiger charge is -2.19. The van der Waals surface area contributed by atoms with E-state index in [2.05, 4.69) is 5.10 Å². The average molecular weight is 249 g/mol. The van der Waals surface area contributed by atoms with E-state index in [1.165, 1.54) is 24.0 Å². The molecular weight excluding hydrogens is 234 g/mol. The van der Waals surface area contributed by atoms with Gasteiger partial charge in [-0.1, -0.05) is 0 Å². The Kier molecular flexibility index (Phi) is 4.42. The minimum Gasteiger partial charge on any atom is -0.395 e. The number of hydrogen-bond acceptors (Lipinski definition) is 5. The summed E-state index contributed by atoms with van der Waals surface area (Å²) in [4.78, 5) is 0. The Morgan fingerprint density at radius 2 is 1.94 bits per heavy atom. The maximum Gasteiger partial charge on any atom is 0.260 e. The van der Waals surface area contributed by atoms with E-state index < -0.39 is 10.0 Å². The van der Waals surface area contributed by atoms with Crippen molar-refractivity contribution in [2.45, 2.75) is 5.03 Å². The van der Waals surface area contributed by atoms with E-state index in [-0.39, 0.29) is 31.3 Å². The molecule has 0 radical (unpaired) electrons. The summed E-state index contributed by atoms with van der Waals surface area (Å²) >= 11 is 0. The van der Waals surface area contributed by atoms with E-state index >= 15 is 0 Å². The molecule has 0 unspecified atom stereocenters. The van der Waals surface area contributed by atoms with Crippen molar-refractivity contribution < 1.29 is 18.6 Å². The van der Waals surface area contributed by atoms with Crippen LogP contribution in [-0.2, 0) is 17.1 Å². The highest BCUT2D eigenvalue weighted by Gasteiger charge is 2.26. The van der Waals surface area contributed by atoms with Crippen LogP contribution in [0.15, 0.2) is 17.3 Å². The number of aromatic nitrogens is 2. The molecule has 1 aromatic rings. The molecule has 0 aliphatic carbocycles. The zero-order chi connectivity index (χ0) is 12.2. The molecule has 2 N–H and O–H groups in total. The third-order valence-corrected chi connectivity index (χ3v) is 4.05. The van der Waals surface area contributed by atoms with Gasteiger partial charge >= 0.3 is 0 Å². The second kappa shape index (κ2) is 5.39. The summed E-state index contributed by atoms with van der Waals surface area (Å²) in [6.07, 6.45) is 1.38. The fraction of sp³-hybridized carbons (Fsp3) is 0.625. The summed E-state index contributed by atoms with van der Waals surface area (Å²) in [7, 11) is -2.18. The number of hydrogen-bond donors (Lipinski definition) is 2. The summed E-state index contributed by atoms with van der Waals surface area (Å²) in [5.41, 5.74) is 0. The highest BCUT2D eigenvalue weighted by atomic mass is 32.2. The first-order chi connectivity index (χ1) is 7.54. The van der Waals surface area contributed by atoms with Gasteiger partial charge in [0, 0.05) is 20.1 Å². The van der Waals surface area contributed by atoms with Gasteiger partial charge in [-0.15, -0.1) is 0 Å². The normalized spacial score (nSPS) is 12.2. The smallest absolute Gasteiger partial charge is 0.260 e. The largest absolute Gasteiger partial charge is 0.395 e. The second-order valence-electron chi connectivity index (χ2n) is 3.14. The first-order valence-electron chi connectivity index (χ1n) is 4.74. The first-order valence-corrected chi connectivity index (χ1v) is 6.18. The molecule has 16 heavy (non-hydrogen) atoms. The van der Waals surface area contributed by atoms with Crippen molar-refractivity contribution in [1.29, 1.82) is 0 Å². The van der Waals surface area contributed by atoms with Gasteiger partial charge in [-0.05, 0) is 6.07 Å². The van der Waals surface area contributed by atoms with Crippen LogP contribution in [0.5, 0.6) is 0 Å². The number of rotatable bonds is 6. The molecule has 7 nitrogen and oxygen atoms in total. The van der Waals surface area contributed by atoms with Crippen LogP contribution >= 0.6 is 0 Å². The molecule has 0 saturated carbocycles. The van der Waals surface area contributed by atoms with Crippen molar-refractivity contribution in [3.05, 3.63) is 12.3 Å². The SMILES string of the molecule is Cn1nccc1S(=O)(=O)N(CCO)CCO. The van der Waals surface area contributed by atoms with Gasteiger partial charge in [-0.3, -0.25) is 4.68 Å². The lowest BCUT2D eigenvalue weighted by Crippen LogP contribution is -2.36. The Balaban J connectivity index is 3.03. The van der Waals surface area contributed by atoms with Gasteiger partial charge in [0.2, 0.25) is 0 Å². The van der Waals surface area contributed by atoms with Crippen LogP contribution in [0.25, 0.3) is 0 Å². The van der Waals surface area contributed by atoms with Crippen LogP contribution in [0.4, 0.5) is 0 Å². The molecule has 0 saturated heterocycles. The minimum absolute atomic E-state index is 0.0365. The summed E-state index contributed by atoms with van der Waals surface area (Å²) in [5.74, 6) is 0. The maximum atomic E-state index is 12.0. The van der Waals surface area contributed by atoms with E-state index in [4.69, 9.17) is 10.2 Å². The van der Waals surface area contributed by atoms with Crippen molar-refractivity contribution in [2.24, 2.45) is 7.05 Å². The van der Waals surface area contributed by atoms with E-state index in [9.17, 15) is 8.42 Å². The van der Waals surface area contributed by atoms with E-state index in [1.807, 2.05) is 0 Å². The van der Waals surface area contributed by atoms with Crippen LogP contribution in [0, 0.1) is 0 Å². The van der Waals surface area contributed by atoms with Crippen LogP contribution < -0.4 is 0 Å². The number of nitrogens with zero attached hydrogens (tertiary/aromatic N) is 3. The standard InChI is InChI=1S/C8H15N3O4S/c1-10-8(2-3-9-10)16(14,15)11(4-6-12)5-7-13/h2-3,12-13H,4-7H2,1H3. The van der Waals surface area contributed by atoms with Gasteiger partial charge < -0.3 is 10.2 Å². The second-order valence-corrected chi connectivity index (χ2v) is 5.03. The van der Waals surface area contributed by atoms with E-state index in [0.29, 0.717) is 0 Å². The van der Waals surface area contributed by atoms with Crippen LogP contribution in [-0.4, -0.2) is 59.0 Å². The number of aryl methyl sites for hydroxylation is 1. The highest BCUT2D eigenvalue weighted by Crippen LogP contribution is 2.13. The predicted molar refractivity (Wildman–Crippen MR) is 56.1 cm³/mol. The van der Waals surface area contributed by atoms with Gasteiger partial charge in [0.25, 0.3) is 10.0 Å². The molecule has 0 aliphatic rings. The summed E-state index contributed by atoms with van der Waals surface area (Å²) in [6, 6.07) is 1.37. The zero-order valence-electron chi connectivity index (χ0n) is 8.94. The van der Waals surface area contributed by atoms with Crippen molar-refractivity contribution >= 4 is 10.0 Å². The van der Waals surface area contributed by atoms with Crippen molar-refractivity contribution in [1.82, 2.24) is 14.1 Å². The Morgan fingerprint density at radius 1 is 1.38 bits per heavy atom. The van der Waals surface area contributed by atoms with Crippen LogP contribution in [0.1, 0.15) is 0 Å². The fourth-order valence-corrected chi connectivity index (χ4v) is 2.84. The Bertz CT molecular complexity index is 422. The van der Waals surface area contributed by atoms with Gasteiger partial charge in [0.05, 0.1) is 19.4 Å². The molecule has 0 bridgehead atoms. The highest BCUT2D eigenvalue weighted by molar-refractivity contribution is 7.89. The number of aliphatic hydroxyl groups is 2. The zero-order valence-corrected chi connectivity index (χ0v) is 9.76. The molecule has 0 aliphatic heterocycles. The van der Waals surface area contributed by atoms with Crippen LogP contribution in [0.3, 0.4) is 0 Å². The Morgan fingerprint density at radius 3 is 2.31 bits per heavy atom. The molecule has 0 fully saturated rings. The Hall–Kier alpha value is -0.960. The molecule has 0 amide bonds. The quantitative estimate of drug-likeness (QED) is 0.633. The molecule has 92 valence electrons. The summed E-state index contributed by atoms with van der Waals surface area (Å²) < 4.78 is 26.3.